The van der Waals surface area contributed by atoms with Gasteiger partial charge in [0.15, 0.2) is 0 Å². The third-order valence-electron chi connectivity index (χ3n) is 2.18. The molecule has 0 saturated carbocycles. The summed E-state index contributed by atoms with van der Waals surface area (Å²) in [5.41, 5.74) is 0.0259. The molecule has 0 atom stereocenters. The monoisotopic (exact) mass is 235 g/mol. The quantitative estimate of drug-likeness (QED) is 0.747. The van der Waals surface area contributed by atoms with Crippen molar-refractivity contribution < 1.29 is 14.3 Å². The number of phenolic OH excluding ortho intramolecular Hbond substituents is 1. The molecule has 1 aromatic carbocycles. The van der Waals surface area contributed by atoms with E-state index in [9.17, 15) is 14.3 Å². The third kappa shape index (κ3) is 2.60. The molecule has 5 nitrogen and oxygen atoms in total. The SMILES string of the molecule is O=C(NCc1ncc[nH]1)c1ccc(F)cc1O. The smallest absolute Gasteiger partial charge is 0.255 e. The van der Waals surface area contributed by atoms with Crippen LogP contribution in [0.2, 0.25) is 0 Å². The van der Waals surface area contributed by atoms with E-state index in [-0.39, 0.29) is 17.9 Å². The van der Waals surface area contributed by atoms with Gasteiger partial charge in [-0.15, -0.1) is 0 Å². The van der Waals surface area contributed by atoms with E-state index in [1.165, 1.54) is 6.07 Å². The normalized spacial score (nSPS) is 10.2. The lowest BCUT2D eigenvalue weighted by molar-refractivity contribution is 0.0947. The summed E-state index contributed by atoms with van der Waals surface area (Å²) in [5, 5.41) is 11.9. The van der Waals surface area contributed by atoms with Gasteiger partial charge < -0.3 is 15.4 Å². The second kappa shape index (κ2) is 4.65. The number of hydrogen-bond acceptors (Lipinski definition) is 3. The first-order valence-electron chi connectivity index (χ1n) is 4.92. The Morgan fingerprint density at radius 2 is 2.35 bits per heavy atom. The zero-order valence-electron chi connectivity index (χ0n) is 8.77. The van der Waals surface area contributed by atoms with Gasteiger partial charge in [0.2, 0.25) is 0 Å². The highest BCUT2D eigenvalue weighted by Crippen LogP contribution is 2.17. The number of H-pyrrole nitrogens is 1. The average molecular weight is 235 g/mol. The van der Waals surface area contributed by atoms with Gasteiger partial charge in [0.25, 0.3) is 5.91 Å². The number of rotatable bonds is 3. The predicted octanol–water partition coefficient (Wildman–Crippen LogP) is 1.18. The number of phenols is 1. The number of imidazole rings is 1. The number of nitrogens with one attached hydrogen (secondary N) is 2. The van der Waals surface area contributed by atoms with Crippen molar-refractivity contribution in [2.75, 3.05) is 0 Å². The number of nitrogens with zero attached hydrogens (tertiary/aromatic N) is 1. The number of hydrogen-bond donors (Lipinski definition) is 3. The zero-order chi connectivity index (χ0) is 12.3. The van der Waals surface area contributed by atoms with E-state index < -0.39 is 11.7 Å². The number of halogens is 1. The lowest BCUT2D eigenvalue weighted by Gasteiger charge is -2.05. The van der Waals surface area contributed by atoms with Crippen LogP contribution < -0.4 is 5.32 Å². The zero-order valence-corrected chi connectivity index (χ0v) is 8.77. The molecular formula is C11H10FN3O2. The molecule has 0 aliphatic heterocycles. The maximum atomic E-state index is 12.7. The lowest BCUT2D eigenvalue weighted by atomic mass is 10.2. The second-order valence-corrected chi connectivity index (χ2v) is 3.38. The highest BCUT2D eigenvalue weighted by atomic mass is 19.1. The number of benzene rings is 1. The van der Waals surface area contributed by atoms with Crippen LogP contribution in [0.1, 0.15) is 16.2 Å². The number of amides is 1. The van der Waals surface area contributed by atoms with Crippen molar-refractivity contribution in [1.29, 1.82) is 0 Å². The summed E-state index contributed by atoms with van der Waals surface area (Å²) >= 11 is 0. The fraction of sp³-hybridized carbons (Fsp3) is 0.0909. The molecule has 0 radical (unpaired) electrons. The van der Waals surface area contributed by atoms with Crippen LogP contribution in [-0.4, -0.2) is 21.0 Å². The first-order valence-corrected chi connectivity index (χ1v) is 4.92. The number of aromatic nitrogens is 2. The van der Waals surface area contributed by atoms with Crippen LogP contribution in [0.4, 0.5) is 4.39 Å². The van der Waals surface area contributed by atoms with Gasteiger partial charge in [0.1, 0.15) is 17.4 Å². The maximum absolute atomic E-state index is 12.7. The molecule has 1 heterocycles. The molecule has 17 heavy (non-hydrogen) atoms. The Labute approximate surface area is 96.3 Å². The molecule has 3 N–H and O–H groups in total. The molecular weight excluding hydrogens is 225 g/mol. The van der Waals surface area contributed by atoms with Gasteiger partial charge in [-0.25, -0.2) is 9.37 Å². The van der Waals surface area contributed by atoms with Gasteiger partial charge in [-0.05, 0) is 12.1 Å². The number of carbonyl (C=O) groups excluding carboxylic acids is 1. The molecule has 0 aliphatic rings. The van der Waals surface area contributed by atoms with Gasteiger partial charge in [-0.2, -0.15) is 0 Å². The van der Waals surface area contributed by atoms with Crippen molar-refractivity contribution in [3.05, 3.63) is 47.8 Å². The van der Waals surface area contributed by atoms with Crippen LogP contribution in [0, 0.1) is 5.82 Å². The van der Waals surface area contributed by atoms with Crippen molar-refractivity contribution in [3.8, 4) is 5.75 Å². The molecule has 88 valence electrons. The molecule has 0 unspecified atom stereocenters. The molecule has 0 bridgehead atoms. The molecule has 1 amide bonds. The minimum atomic E-state index is -0.593. The highest BCUT2D eigenvalue weighted by molar-refractivity contribution is 5.96. The summed E-state index contributed by atoms with van der Waals surface area (Å²) in [6.07, 6.45) is 3.20. The lowest BCUT2D eigenvalue weighted by Crippen LogP contribution is -2.23. The summed E-state index contributed by atoms with van der Waals surface area (Å²) in [6.45, 7) is 0.211. The van der Waals surface area contributed by atoms with E-state index in [1.807, 2.05) is 0 Å². The Balaban J connectivity index is 2.04. The number of aromatic amines is 1. The molecule has 0 spiro atoms. The van der Waals surface area contributed by atoms with Crippen LogP contribution in [0.3, 0.4) is 0 Å². The highest BCUT2D eigenvalue weighted by Gasteiger charge is 2.11. The summed E-state index contributed by atoms with van der Waals surface area (Å²) < 4.78 is 12.7. The molecule has 1 aromatic heterocycles. The van der Waals surface area contributed by atoms with Crippen molar-refractivity contribution in [2.45, 2.75) is 6.54 Å². The van der Waals surface area contributed by atoms with E-state index in [2.05, 4.69) is 15.3 Å². The Kier molecular flexibility index (Phi) is 3.04. The standard InChI is InChI=1S/C11H10FN3O2/c12-7-1-2-8(9(16)5-7)11(17)15-6-10-13-3-4-14-10/h1-5,16H,6H2,(H,13,14)(H,15,17). The predicted molar refractivity (Wildman–Crippen MR) is 57.8 cm³/mol. The van der Waals surface area contributed by atoms with Crippen LogP contribution in [0.5, 0.6) is 5.75 Å². The minimum Gasteiger partial charge on any atom is -0.507 e. The van der Waals surface area contributed by atoms with E-state index >= 15 is 0 Å². The first kappa shape index (κ1) is 11.1. The Hall–Kier alpha value is -2.37. The Morgan fingerprint density at radius 3 is 3.00 bits per heavy atom. The van der Waals surface area contributed by atoms with E-state index in [0.29, 0.717) is 5.82 Å². The van der Waals surface area contributed by atoms with Gasteiger partial charge >= 0.3 is 0 Å². The molecule has 0 saturated heterocycles. The third-order valence-corrected chi connectivity index (χ3v) is 2.18. The molecule has 0 fully saturated rings. The van der Waals surface area contributed by atoms with Crippen LogP contribution in [0.25, 0.3) is 0 Å². The van der Waals surface area contributed by atoms with E-state index in [1.54, 1.807) is 12.4 Å². The van der Waals surface area contributed by atoms with Crippen LogP contribution in [0.15, 0.2) is 30.6 Å². The molecule has 0 aliphatic carbocycles. The fourth-order valence-electron chi connectivity index (χ4n) is 1.35. The topological polar surface area (TPSA) is 78.0 Å². The van der Waals surface area contributed by atoms with Gasteiger partial charge in [0, 0.05) is 18.5 Å². The van der Waals surface area contributed by atoms with E-state index in [4.69, 9.17) is 0 Å². The van der Waals surface area contributed by atoms with E-state index in [0.717, 1.165) is 12.1 Å². The Bertz CT molecular complexity index is 526. The van der Waals surface area contributed by atoms with Crippen molar-refractivity contribution >= 4 is 5.91 Å². The second-order valence-electron chi connectivity index (χ2n) is 3.38. The molecule has 2 aromatic rings. The summed E-state index contributed by atoms with van der Waals surface area (Å²) in [5.74, 6) is -0.870. The number of carbonyl (C=O) groups is 1. The van der Waals surface area contributed by atoms with Crippen molar-refractivity contribution in [3.63, 3.8) is 0 Å². The van der Waals surface area contributed by atoms with Gasteiger partial charge in [-0.1, -0.05) is 0 Å². The minimum absolute atomic E-state index is 0.0259. The van der Waals surface area contributed by atoms with Crippen molar-refractivity contribution in [1.82, 2.24) is 15.3 Å². The molecule has 2 rings (SSSR count). The summed E-state index contributed by atoms with van der Waals surface area (Å²) in [7, 11) is 0. The van der Waals surface area contributed by atoms with Gasteiger partial charge in [0.05, 0.1) is 12.1 Å². The first-order chi connectivity index (χ1) is 8.16. The summed E-state index contributed by atoms with van der Waals surface area (Å²) in [6, 6.07) is 3.23. The maximum Gasteiger partial charge on any atom is 0.255 e. The fourth-order valence-corrected chi connectivity index (χ4v) is 1.35. The molecule has 6 heteroatoms. The summed E-state index contributed by atoms with van der Waals surface area (Å²) in [4.78, 5) is 18.4. The average Bonchev–Trinajstić information content (AvgIpc) is 2.78. The van der Waals surface area contributed by atoms with Crippen molar-refractivity contribution in [2.24, 2.45) is 0 Å². The van der Waals surface area contributed by atoms with Crippen LogP contribution >= 0.6 is 0 Å². The largest absolute Gasteiger partial charge is 0.507 e. The number of aromatic hydroxyl groups is 1. The van der Waals surface area contributed by atoms with Crippen LogP contribution in [-0.2, 0) is 6.54 Å². The van der Waals surface area contributed by atoms with Gasteiger partial charge in [-0.3, -0.25) is 4.79 Å². The Morgan fingerprint density at radius 1 is 1.53 bits per heavy atom.